The molecule has 10 heteroatoms. The number of methoxy groups -OCH3 is 1. The minimum absolute atomic E-state index is 0.0586. The van der Waals surface area contributed by atoms with Crippen molar-refractivity contribution in [3.8, 4) is 11.4 Å². The highest BCUT2D eigenvalue weighted by Gasteiger charge is 2.19. The van der Waals surface area contributed by atoms with Crippen molar-refractivity contribution >= 4 is 35.3 Å². The van der Waals surface area contributed by atoms with Gasteiger partial charge in [-0.25, -0.2) is 4.79 Å². The summed E-state index contributed by atoms with van der Waals surface area (Å²) >= 11 is 7.58. The van der Waals surface area contributed by atoms with Crippen molar-refractivity contribution in [1.29, 1.82) is 0 Å². The Bertz CT molecular complexity index is 886. The SMILES string of the molecule is COCCCn1c(SCC(=O)NC(=O)NC2CCCCC2)nnc1-c1ccccc1Cl. The summed E-state index contributed by atoms with van der Waals surface area (Å²) in [4.78, 5) is 24.4. The molecule has 1 saturated carbocycles. The standard InChI is InChI=1S/C21H28ClN5O3S/c1-30-13-7-12-27-19(16-10-5-6-11-17(16)22)25-26-21(27)31-14-18(28)24-20(29)23-15-8-3-2-4-9-15/h5-6,10-11,15H,2-4,7-9,12-14H2,1H3,(H2,23,24,28,29). The molecule has 1 aliphatic carbocycles. The third-order valence-electron chi connectivity index (χ3n) is 5.09. The van der Waals surface area contributed by atoms with E-state index in [0.29, 0.717) is 29.2 Å². The Hall–Kier alpha value is -2.10. The summed E-state index contributed by atoms with van der Waals surface area (Å²) in [5, 5.41) is 15.0. The van der Waals surface area contributed by atoms with E-state index < -0.39 is 6.03 Å². The highest BCUT2D eigenvalue weighted by Crippen LogP contribution is 2.29. The van der Waals surface area contributed by atoms with Gasteiger partial charge in [0.25, 0.3) is 0 Å². The number of aromatic nitrogens is 3. The third-order valence-corrected chi connectivity index (χ3v) is 6.38. The number of benzene rings is 1. The van der Waals surface area contributed by atoms with Crippen LogP contribution in [-0.4, -0.2) is 52.2 Å². The molecule has 3 amide bonds. The van der Waals surface area contributed by atoms with E-state index in [1.807, 2.05) is 22.8 Å². The molecule has 0 spiro atoms. The Morgan fingerprint density at radius 2 is 2.00 bits per heavy atom. The Morgan fingerprint density at radius 3 is 2.74 bits per heavy atom. The molecule has 0 atom stereocenters. The first-order chi connectivity index (χ1) is 15.1. The van der Waals surface area contributed by atoms with E-state index in [0.717, 1.165) is 37.7 Å². The minimum atomic E-state index is -0.434. The van der Waals surface area contributed by atoms with Gasteiger partial charge in [0.1, 0.15) is 0 Å². The van der Waals surface area contributed by atoms with Crippen LogP contribution in [0.25, 0.3) is 11.4 Å². The van der Waals surface area contributed by atoms with Crippen LogP contribution in [0.4, 0.5) is 4.79 Å². The zero-order chi connectivity index (χ0) is 22.1. The van der Waals surface area contributed by atoms with Crippen molar-refractivity contribution in [3.63, 3.8) is 0 Å². The normalized spacial score (nSPS) is 14.4. The van der Waals surface area contributed by atoms with Crippen molar-refractivity contribution in [3.05, 3.63) is 29.3 Å². The lowest BCUT2D eigenvalue weighted by Crippen LogP contribution is -2.45. The van der Waals surface area contributed by atoms with Crippen molar-refractivity contribution < 1.29 is 14.3 Å². The average molecular weight is 466 g/mol. The predicted octanol–water partition coefficient (Wildman–Crippen LogP) is 3.89. The second-order valence-electron chi connectivity index (χ2n) is 7.43. The molecule has 0 bridgehead atoms. The number of carbonyl (C=O) groups is 2. The van der Waals surface area contributed by atoms with E-state index in [9.17, 15) is 9.59 Å². The number of hydrogen-bond acceptors (Lipinski definition) is 6. The lowest BCUT2D eigenvalue weighted by atomic mass is 9.96. The number of carbonyl (C=O) groups excluding carboxylic acids is 2. The Kier molecular flexibility index (Phi) is 9.17. The fourth-order valence-corrected chi connectivity index (χ4v) is 4.55. The molecule has 0 unspecified atom stereocenters. The van der Waals surface area contributed by atoms with Crippen LogP contribution in [0, 0.1) is 0 Å². The van der Waals surface area contributed by atoms with Crippen LogP contribution in [0.2, 0.25) is 5.02 Å². The van der Waals surface area contributed by atoms with E-state index >= 15 is 0 Å². The third kappa shape index (κ3) is 6.95. The molecule has 1 heterocycles. The maximum Gasteiger partial charge on any atom is 0.321 e. The number of imide groups is 1. The van der Waals surface area contributed by atoms with E-state index in [4.69, 9.17) is 16.3 Å². The zero-order valence-electron chi connectivity index (χ0n) is 17.6. The molecule has 0 saturated heterocycles. The molecular weight excluding hydrogens is 438 g/mol. The molecule has 168 valence electrons. The smallest absolute Gasteiger partial charge is 0.321 e. The highest BCUT2D eigenvalue weighted by molar-refractivity contribution is 7.99. The molecular formula is C21H28ClN5O3S. The van der Waals surface area contributed by atoms with Crippen molar-refractivity contribution in [1.82, 2.24) is 25.4 Å². The summed E-state index contributed by atoms with van der Waals surface area (Å²) in [5.41, 5.74) is 0.775. The van der Waals surface area contributed by atoms with Gasteiger partial charge in [-0.3, -0.25) is 10.1 Å². The van der Waals surface area contributed by atoms with E-state index in [-0.39, 0.29) is 17.7 Å². The Morgan fingerprint density at radius 1 is 1.23 bits per heavy atom. The number of ether oxygens (including phenoxy) is 1. The van der Waals surface area contributed by atoms with E-state index in [2.05, 4.69) is 20.8 Å². The van der Waals surface area contributed by atoms with E-state index in [1.165, 1.54) is 18.2 Å². The fraction of sp³-hybridized carbons (Fsp3) is 0.524. The van der Waals surface area contributed by atoms with Crippen molar-refractivity contribution in [2.24, 2.45) is 0 Å². The summed E-state index contributed by atoms with van der Waals surface area (Å²) in [5.74, 6) is 0.326. The first-order valence-electron chi connectivity index (χ1n) is 10.5. The number of rotatable bonds is 9. The van der Waals surface area contributed by atoms with Crippen LogP contribution in [0.15, 0.2) is 29.4 Å². The minimum Gasteiger partial charge on any atom is -0.385 e. The maximum absolute atomic E-state index is 12.3. The number of nitrogens with one attached hydrogen (secondary N) is 2. The van der Waals surface area contributed by atoms with Gasteiger partial charge >= 0.3 is 6.03 Å². The fourth-order valence-electron chi connectivity index (χ4n) is 3.57. The summed E-state index contributed by atoms with van der Waals surface area (Å²) in [6.45, 7) is 1.21. The molecule has 3 rings (SSSR count). The van der Waals surface area contributed by atoms with Crippen LogP contribution in [0.3, 0.4) is 0 Å². The first kappa shape index (κ1) is 23.6. The van der Waals surface area contributed by atoms with Crippen LogP contribution in [0.1, 0.15) is 38.5 Å². The monoisotopic (exact) mass is 465 g/mol. The number of amides is 3. The first-order valence-corrected chi connectivity index (χ1v) is 11.8. The van der Waals surface area contributed by atoms with Crippen LogP contribution in [-0.2, 0) is 16.1 Å². The second-order valence-corrected chi connectivity index (χ2v) is 8.78. The summed E-state index contributed by atoms with van der Waals surface area (Å²) in [7, 11) is 1.65. The number of urea groups is 1. The van der Waals surface area contributed by atoms with Gasteiger partial charge in [0.15, 0.2) is 11.0 Å². The lowest BCUT2D eigenvalue weighted by Gasteiger charge is -2.22. The highest BCUT2D eigenvalue weighted by atomic mass is 35.5. The molecule has 2 N–H and O–H groups in total. The molecule has 1 aromatic heterocycles. The molecule has 1 aliphatic rings. The van der Waals surface area contributed by atoms with Crippen LogP contribution >= 0.6 is 23.4 Å². The second kappa shape index (κ2) is 12.1. The van der Waals surface area contributed by atoms with Gasteiger partial charge in [-0.05, 0) is 31.4 Å². The Balaban J connectivity index is 1.61. The van der Waals surface area contributed by atoms with Gasteiger partial charge in [-0.2, -0.15) is 0 Å². The van der Waals surface area contributed by atoms with Gasteiger partial charge in [0, 0.05) is 31.9 Å². The van der Waals surface area contributed by atoms with Gasteiger partial charge in [-0.1, -0.05) is 54.8 Å². The van der Waals surface area contributed by atoms with Gasteiger partial charge < -0.3 is 14.6 Å². The Labute approximate surface area is 191 Å². The molecule has 31 heavy (non-hydrogen) atoms. The largest absolute Gasteiger partial charge is 0.385 e. The number of halogens is 1. The average Bonchev–Trinajstić information content (AvgIpc) is 3.16. The molecule has 1 aromatic carbocycles. The van der Waals surface area contributed by atoms with Crippen molar-refractivity contribution in [2.75, 3.05) is 19.5 Å². The molecule has 2 aromatic rings. The number of hydrogen-bond donors (Lipinski definition) is 2. The van der Waals surface area contributed by atoms with Crippen LogP contribution in [0.5, 0.6) is 0 Å². The zero-order valence-corrected chi connectivity index (χ0v) is 19.2. The van der Waals surface area contributed by atoms with Gasteiger partial charge in [0.05, 0.1) is 10.8 Å². The van der Waals surface area contributed by atoms with Crippen molar-refractivity contribution in [2.45, 2.75) is 56.3 Å². The molecule has 8 nitrogen and oxygen atoms in total. The lowest BCUT2D eigenvalue weighted by molar-refractivity contribution is -0.117. The molecule has 0 aliphatic heterocycles. The quantitative estimate of drug-likeness (QED) is 0.430. The van der Waals surface area contributed by atoms with E-state index in [1.54, 1.807) is 13.2 Å². The predicted molar refractivity (Wildman–Crippen MR) is 121 cm³/mol. The molecule has 0 radical (unpaired) electrons. The maximum atomic E-state index is 12.3. The topological polar surface area (TPSA) is 98.1 Å². The van der Waals surface area contributed by atoms with Crippen LogP contribution < -0.4 is 10.6 Å². The van der Waals surface area contributed by atoms with Gasteiger partial charge in [-0.15, -0.1) is 10.2 Å². The number of thioether (sulfide) groups is 1. The number of nitrogens with zero attached hydrogens (tertiary/aromatic N) is 3. The van der Waals surface area contributed by atoms with Gasteiger partial charge in [0.2, 0.25) is 5.91 Å². The molecule has 1 fully saturated rings. The summed E-state index contributed by atoms with van der Waals surface area (Å²) in [6, 6.07) is 7.15. The summed E-state index contributed by atoms with van der Waals surface area (Å²) < 4.78 is 7.09. The summed E-state index contributed by atoms with van der Waals surface area (Å²) in [6.07, 6.45) is 6.12.